The largest absolute Gasteiger partial charge is 0.304 e. The van der Waals surface area contributed by atoms with Crippen molar-refractivity contribution in [3.05, 3.63) is 58.0 Å². The standard InChI is InChI=1S/C24H28N4OS/c1-5-27(6-2)13-10-14-28-22(18-11-8-7-9-12-18)26-20-19-16(3)15-17(4)25-23(19)30-21(20)24(28)29/h7-9,11-12,15H,5-6,10,13-14H2,1-4H3. The van der Waals surface area contributed by atoms with E-state index in [0.717, 1.165) is 64.4 Å². The third-order valence-corrected chi connectivity index (χ3v) is 6.72. The van der Waals surface area contributed by atoms with E-state index in [1.54, 1.807) is 0 Å². The summed E-state index contributed by atoms with van der Waals surface area (Å²) < 4.78 is 2.56. The van der Waals surface area contributed by atoms with Crippen molar-refractivity contribution in [3.8, 4) is 11.4 Å². The highest BCUT2D eigenvalue weighted by Crippen LogP contribution is 2.33. The number of aromatic nitrogens is 3. The van der Waals surface area contributed by atoms with Crippen LogP contribution in [0.15, 0.2) is 41.2 Å². The molecule has 156 valence electrons. The second kappa shape index (κ2) is 8.66. The molecule has 0 atom stereocenters. The van der Waals surface area contributed by atoms with Gasteiger partial charge < -0.3 is 4.90 Å². The van der Waals surface area contributed by atoms with Crippen LogP contribution in [0.4, 0.5) is 0 Å². The van der Waals surface area contributed by atoms with Crippen molar-refractivity contribution < 1.29 is 0 Å². The van der Waals surface area contributed by atoms with Crippen LogP contribution in [0.2, 0.25) is 0 Å². The minimum Gasteiger partial charge on any atom is -0.304 e. The molecule has 0 unspecified atom stereocenters. The van der Waals surface area contributed by atoms with Crippen LogP contribution in [0, 0.1) is 13.8 Å². The maximum absolute atomic E-state index is 13.6. The number of hydrogen-bond acceptors (Lipinski definition) is 5. The molecule has 5 nitrogen and oxygen atoms in total. The van der Waals surface area contributed by atoms with Crippen molar-refractivity contribution in [1.29, 1.82) is 0 Å². The molecule has 0 saturated heterocycles. The average Bonchev–Trinajstić information content (AvgIpc) is 3.12. The molecule has 0 N–H and O–H groups in total. The van der Waals surface area contributed by atoms with Crippen LogP contribution in [0.3, 0.4) is 0 Å². The Balaban J connectivity index is 1.90. The van der Waals surface area contributed by atoms with E-state index >= 15 is 0 Å². The van der Waals surface area contributed by atoms with Crippen molar-refractivity contribution in [1.82, 2.24) is 19.4 Å². The number of pyridine rings is 1. The minimum atomic E-state index is 0.0402. The first kappa shape index (κ1) is 20.7. The molecule has 0 aliphatic carbocycles. The maximum Gasteiger partial charge on any atom is 0.271 e. The van der Waals surface area contributed by atoms with E-state index in [2.05, 4.69) is 36.7 Å². The number of rotatable bonds is 7. The first-order valence-corrected chi connectivity index (χ1v) is 11.4. The van der Waals surface area contributed by atoms with Gasteiger partial charge in [0.05, 0.1) is 5.52 Å². The highest BCUT2D eigenvalue weighted by Gasteiger charge is 2.19. The predicted octanol–water partition coefficient (Wildman–Crippen LogP) is 5.02. The molecule has 0 fully saturated rings. The summed E-state index contributed by atoms with van der Waals surface area (Å²) in [7, 11) is 0. The quantitative estimate of drug-likeness (QED) is 0.421. The number of nitrogens with zero attached hydrogens (tertiary/aromatic N) is 4. The van der Waals surface area contributed by atoms with Crippen LogP contribution in [-0.4, -0.2) is 39.1 Å². The van der Waals surface area contributed by atoms with Crippen LogP contribution in [-0.2, 0) is 6.54 Å². The molecule has 0 saturated carbocycles. The Kier molecular flexibility index (Phi) is 5.97. The number of hydrogen-bond donors (Lipinski definition) is 0. The zero-order chi connectivity index (χ0) is 21.3. The Morgan fingerprint density at radius 3 is 2.50 bits per heavy atom. The zero-order valence-electron chi connectivity index (χ0n) is 18.1. The van der Waals surface area contributed by atoms with Gasteiger partial charge in [0, 0.05) is 23.2 Å². The molecule has 3 aromatic heterocycles. The van der Waals surface area contributed by atoms with Crippen LogP contribution in [0.25, 0.3) is 31.8 Å². The number of benzene rings is 1. The molecule has 0 bridgehead atoms. The van der Waals surface area contributed by atoms with E-state index in [1.807, 2.05) is 41.8 Å². The Bertz CT molecular complexity index is 1240. The van der Waals surface area contributed by atoms with Gasteiger partial charge in [-0.05, 0) is 51.5 Å². The molecular formula is C24H28N4OS. The van der Waals surface area contributed by atoms with Gasteiger partial charge in [0.1, 0.15) is 15.4 Å². The predicted molar refractivity (Wildman–Crippen MR) is 126 cm³/mol. The van der Waals surface area contributed by atoms with Crippen LogP contribution >= 0.6 is 11.3 Å². The highest BCUT2D eigenvalue weighted by molar-refractivity contribution is 7.25. The summed E-state index contributed by atoms with van der Waals surface area (Å²) in [6.45, 7) is 12.1. The summed E-state index contributed by atoms with van der Waals surface area (Å²) in [4.78, 5) is 26.6. The number of thiophene rings is 1. The summed E-state index contributed by atoms with van der Waals surface area (Å²) in [5, 5.41) is 1.00. The van der Waals surface area contributed by atoms with E-state index in [4.69, 9.17) is 4.98 Å². The molecule has 3 heterocycles. The lowest BCUT2D eigenvalue weighted by Gasteiger charge is -2.19. The third-order valence-electron chi connectivity index (χ3n) is 5.66. The first-order chi connectivity index (χ1) is 14.5. The monoisotopic (exact) mass is 420 g/mol. The van der Waals surface area contributed by atoms with Crippen LogP contribution < -0.4 is 5.56 Å². The number of aryl methyl sites for hydroxylation is 2. The lowest BCUT2D eigenvalue weighted by atomic mass is 10.1. The summed E-state index contributed by atoms with van der Waals surface area (Å²) >= 11 is 1.47. The Morgan fingerprint density at radius 1 is 1.07 bits per heavy atom. The van der Waals surface area contributed by atoms with Gasteiger partial charge in [-0.3, -0.25) is 9.36 Å². The van der Waals surface area contributed by atoms with E-state index in [9.17, 15) is 4.79 Å². The SMILES string of the molecule is CCN(CC)CCCn1c(-c2ccccc2)nc2c(sc3nc(C)cc(C)c32)c1=O. The van der Waals surface area contributed by atoms with Gasteiger partial charge in [-0.25, -0.2) is 9.97 Å². The van der Waals surface area contributed by atoms with Crippen molar-refractivity contribution >= 4 is 31.8 Å². The van der Waals surface area contributed by atoms with Gasteiger partial charge >= 0.3 is 0 Å². The van der Waals surface area contributed by atoms with Crippen molar-refractivity contribution in [3.63, 3.8) is 0 Å². The van der Waals surface area contributed by atoms with Gasteiger partial charge in [0.15, 0.2) is 0 Å². The molecule has 0 radical (unpaired) electrons. The molecule has 0 spiro atoms. The van der Waals surface area contributed by atoms with Gasteiger partial charge in [-0.15, -0.1) is 11.3 Å². The lowest BCUT2D eigenvalue weighted by molar-refractivity contribution is 0.293. The highest BCUT2D eigenvalue weighted by atomic mass is 32.1. The Hall–Kier alpha value is -2.57. The molecule has 6 heteroatoms. The molecule has 1 aromatic carbocycles. The molecule has 30 heavy (non-hydrogen) atoms. The van der Waals surface area contributed by atoms with E-state index in [-0.39, 0.29) is 5.56 Å². The van der Waals surface area contributed by atoms with Gasteiger partial charge in [-0.2, -0.15) is 0 Å². The maximum atomic E-state index is 13.6. The first-order valence-electron chi connectivity index (χ1n) is 10.6. The van der Waals surface area contributed by atoms with Gasteiger partial charge in [-0.1, -0.05) is 44.2 Å². The Morgan fingerprint density at radius 2 is 1.80 bits per heavy atom. The average molecular weight is 421 g/mol. The van der Waals surface area contributed by atoms with Crippen LogP contribution in [0.5, 0.6) is 0 Å². The van der Waals surface area contributed by atoms with Crippen molar-refractivity contribution in [2.24, 2.45) is 0 Å². The minimum absolute atomic E-state index is 0.0402. The normalized spacial score (nSPS) is 11.8. The molecule has 4 rings (SSSR count). The van der Waals surface area contributed by atoms with Crippen LogP contribution in [0.1, 0.15) is 31.5 Å². The fourth-order valence-electron chi connectivity index (χ4n) is 4.07. The molecule has 0 aliphatic heterocycles. The Labute approximate surface area is 181 Å². The number of fused-ring (bicyclic) bond motifs is 3. The van der Waals surface area contributed by atoms with Crippen molar-refractivity contribution in [2.45, 2.75) is 40.7 Å². The molecule has 0 amide bonds. The second-order valence-electron chi connectivity index (χ2n) is 7.68. The zero-order valence-corrected chi connectivity index (χ0v) is 18.9. The lowest BCUT2D eigenvalue weighted by Crippen LogP contribution is -2.28. The van der Waals surface area contributed by atoms with E-state index < -0.39 is 0 Å². The summed E-state index contributed by atoms with van der Waals surface area (Å²) in [5.74, 6) is 0.743. The summed E-state index contributed by atoms with van der Waals surface area (Å²) in [5.41, 5.74) is 3.88. The van der Waals surface area contributed by atoms with Gasteiger partial charge in [0.2, 0.25) is 0 Å². The third kappa shape index (κ3) is 3.77. The summed E-state index contributed by atoms with van der Waals surface area (Å²) in [6, 6.07) is 12.1. The molecular weight excluding hydrogens is 392 g/mol. The van der Waals surface area contributed by atoms with E-state index in [0.29, 0.717) is 11.2 Å². The van der Waals surface area contributed by atoms with Crippen molar-refractivity contribution in [2.75, 3.05) is 19.6 Å². The topological polar surface area (TPSA) is 51.0 Å². The summed E-state index contributed by atoms with van der Waals surface area (Å²) in [6.07, 6.45) is 0.913. The van der Waals surface area contributed by atoms with E-state index in [1.165, 1.54) is 11.3 Å². The molecule has 4 aromatic rings. The molecule has 0 aliphatic rings. The smallest absolute Gasteiger partial charge is 0.271 e. The second-order valence-corrected chi connectivity index (χ2v) is 8.68. The fraction of sp³-hybridized carbons (Fsp3) is 0.375. The fourth-order valence-corrected chi connectivity index (χ4v) is 5.25. The van der Waals surface area contributed by atoms with Gasteiger partial charge in [0.25, 0.3) is 5.56 Å².